The van der Waals surface area contributed by atoms with Crippen LogP contribution in [0.1, 0.15) is 18.6 Å². The number of unbranched alkanes of at least 4 members (excludes halogenated alkanes) is 1. The van der Waals surface area contributed by atoms with Crippen LogP contribution in [-0.2, 0) is 16.1 Å². The molecule has 0 fully saturated rings. The van der Waals surface area contributed by atoms with Crippen LogP contribution in [0.3, 0.4) is 0 Å². The molecule has 0 atom stereocenters. The Morgan fingerprint density at radius 3 is 2.94 bits per heavy atom. The lowest BCUT2D eigenvalue weighted by Gasteiger charge is -2.04. The zero-order valence-corrected chi connectivity index (χ0v) is 9.91. The molecule has 0 radical (unpaired) electrons. The average Bonchev–Trinajstić information content (AvgIpc) is 2.80. The van der Waals surface area contributed by atoms with Crippen LogP contribution in [0.15, 0.2) is 22.8 Å². The number of nitrogens with one attached hydrogen (secondary N) is 1. The Hall–Kier alpha value is -0.840. The Kier molecular flexibility index (Phi) is 7.76. The highest BCUT2D eigenvalue weighted by molar-refractivity contribution is 4.95. The summed E-state index contributed by atoms with van der Waals surface area (Å²) in [6, 6.07) is 3.80. The maximum atomic E-state index is 5.46. The van der Waals surface area contributed by atoms with Gasteiger partial charge in [0.2, 0.25) is 0 Å². The SMILES string of the molecule is COCCNCCCCOCc1ccco1. The van der Waals surface area contributed by atoms with E-state index in [1.165, 1.54) is 0 Å². The van der Waals surface area contributed by atoms with Gasteiger partial charge in [-0.1, -0.05) is 0 Å². The summed E-state index contributed by atoms with van der Waals surface area (Å²) in [5.74, 6) is 0.887. The summed E-state index contributed by atoms with van der Waals surface area (Å²) in [5, 5.41) is 3.29. The second-order valence-electron chi connectivity index (χ2n) is 3.58. The summed E-state index contributed by atoms with van der Waals surface area (Å²) in [5.41, 5.74) is 0. The van der Waals surface area contributed by atoms with Gasteiger partial charge in [0, 0.05) is 20.3 Å². The molecule has 16 heavy (non-hydrogen) atoms. The lowest BCUT2D eigenvalue weighted by molar-refractivity contribution is 0.103. The van der Waals surface area contributed by atoms with Crippen molar-refractivity contribution in [1.82, 2.24) is 5.32 Å². The molecule has 0 aliphatic carbocycles. The molecule has 1 rings (SSSR count). The van der Waals surface area contributed by atoms with Crippen molar-refractivity contribution < 1.29 is 13.9 Å². The first-order valence-corrected chi connectivity index (χ1v) is 5.73. The molecule has 1 aromatic rings. The molecular weight excluding hydrogens is 206 g/mol. The fourth-order valence-electron chi connectivity index (χ4n) is 1.32. The lowest BCUT2D eigenvalue weighted by atomic mass is 10.3. The van der Waals surface area contributed by atoms with E-state index in [0.29, 0.717) is 6.61 Å². The number of hydrogen-bond acceptors (Lipinski definition) is 4. The maximum absolute atomic E-state index is 5.46. The van der Waals surface area contributed by atoms with Crippen molar-refractivity contribution in [1.29, 1.82) is 0 Å². The minimum absolute atomic E-state index is 0.574. The van der Waals surface area contributed by atoms with Crippen LogP contribution in [0.25, 0.3) is 0 Å². The molecule has 4 nitrogen and oxygen atoms in total. The smallest absolute Gasteiger partial charge is 0.129 e. The van der Waals surface area contributed by atoms with Gasteiger partial charge in [0.1, 0.15) is 12.4 Å². The highest BCUT2D eigenvalue weighted by atomic mass is 16.5. The Labute approximate surface area is 96.9 Å². The molecule has 0 bridgehead atoms. The summed E-state index contributed by atoms with van der Waals surface area (Å²) >= 11 is 0. The number of furan rings is 1. The molecular formula is C12H21NO3. The van der Waals surface area contributed by atoms with E-state index in [2.05, 4.69) is 5.32 Å². The van der Waals surface area contributed by atoms with Gasteiger partial charge in [0.05, 0.1) is 12.9 Å². The quantitative estimate of drug-likeness (QED) is 0.619. The Morgan fingerprint density at radius 1 is 1.25 bits per heavy atom. The highest BCUT2D eigenvalue weighted by Gasteiger charge is 1.95. The average molecular weight is 227 g/mol. The third-order valence-electron chi connectivity index (χ3n) is 2.20. The summed E-state index contributed by atoms with van der Waals surface area (Å²) in [6.07, 6.45) is 3.86. The Bertz CT molecular complexity index is 236. The maximum Gasteiger partial charge on any atom is 0.129 e. The van der Waals surface area contributed by atoms with Crippen molar-refractivity contribution in [2.75, 3.05) is 33.4 Å². The van der Waals surface area contributed by atoms with Crippen molar-refractivity contribution in [3.05, 3.63) is 24.2 Å². The van der Waals surface area contributed by atoms with E-state index in [-0.39, 0.29) is 0 Å². The van der Waals surface area contributed by atoms with E-state index >= 15 is 0 Å². The summed E-state index contributed by atoms with van der Waals surface area (Å²) < 4.78 is 15.5. The van der Waals surface area contributed by atoms with Crippen molar-refractivity contribution in [3.8, 4) is 0 Å². The normalized spacial score (nSPS) is 10.8. The van der Waals surface area contributed by atoms with Gasteiger partial charge in [-0.3, -0.25) is 0 Å². The van der Waals surface area contributed by atoms with E-state index in [4.69, 9.17) is 13.9 Å². The molecule has 4 heteroatoms. The molecule has 0 aliphatic heterocycles. The zero-order valence-electron chi connectivity index (χ0n) is 9.91. The molecule has 1 heterocycles. The highest BCUT2D eigenvalue weighted by Crippen LogP contribution is 2.02. The van der Waals surface area contributed by atoms with Gasteiger partial charge in [0.15, 0.2) is 0 Å². The Balaban J connectivity index is 1.78. The third kappa shape index (κ3) is 6.61. The molecule has 0 aromatic carbocycles. The first kappa shape index (κ1) is 13.2. The van der Waals surface area contributed by atoms with Crippen LogP contribution in [0.5, 0.6) is 0 Å². The van der Waals surface area contributed by atoms with Gasteiger partial charge in [-0.05, 0) is 31.5 Å². The van der Waals surface area contributed by atoms with Crippen molar-refractivity contribution in [2.24, 2.45) is 0 Å². The first-order valence-electron chi connectivity index (χ1n) is 5.73. The van der Waals surface area contributed by atoms with E-state index in [1.807, 2.05) is 12.1 Å². The number of rotatable bonds is 10. The minimum atomic E-state index is 0.574. The lowest BCUT2D eigenvalue weighted by Crippen LogP contribution is -2.20. The van der Waals surface area contributed by atoms with Crippen molar-refractivity contribution in [2.45, 2.75) is 19.4 Å². The predicted molar refractivity (Wildman–Crippen MR) is 62.3 cm³/mol. The fraction of sp³-hybridized carbons (Fsp3) is 0.667. The molecule has 0 saturated heterocycles. The van der Waals surface area contributed by atoms with Gasteiger partial charge >= 0.3 is 0 Å². The molecule has 0 aliphatic rings. The molecule has 92 valence electrons. The van der Waals surface area contributed by atoms with Crippen LogP contribution in [0, 0.1) is 0 Å². The van der Waals surface area contributed by atoms with Gasteiger partial charge in [-0.2, -0.15) is 0 Å². The van der Waals surface area contributed by atoms with Crippen LogP contribution >= 0.6 is 0 Å². The molecule has 1 aromatic heterocycles. The fourth-order valence-corrected chi connectivity index (χ4v) is 1.32. The van der Waals surface area contributed by atoms with Crippen LogP contribution in [0.2, 0.25) is 0 Å². The summed E-state index contributed by atoms with van der Waals surface area (Å²) in [7, 11) is 1.71. The molecule has 1 N–H and O–H groups in total. The van der Waals surface area contributed by atoms with E-state index in [1.54, 1.807) is 13.4 Å². The second kappa shape index (κ2) is 9.39. The monoisotopic (exact) mass is 227 g/mol. The predicted octanol–water partition coefficient (Wildman–Crippen LogP) is 1.81. The van der Waals surface area contributed by atoms with Crippen LogP contribution in [0.4, 0.5) is 0 Å². The molecule has 0 unspecified atom stereocenters. The molecule has 0 amide bonds. The topological polar surface area (TPSA) is 43.6 Å². The second-order valence-corrected chi connectivity index (χ2v) is 3.58. The van der Waals surface area contributed by atoms with E-state index in [0.717, 1.165) is 44.9 Å². The van der Waals surface area contributed by atoms with Crippen molar-refractivity contribution in [3.63, 3.8) is 0 Å². The van der Waals surface area contributed by atoms with Crippen molar-refractivity contribution >= 4 is 0 Å². The minimum Gasteiger partial charge on any atom is -0.467 e. The van der Waals surface area contributed by atoms with Gasteiger partial charge in [-0.15, -0.1) is 0 Å². The summed E-state index contributed by atoms with van der Waals surface area (Å²) in [6.45, 7) is 4.07. The van der Waals surface area contributed by atoms with E-state index in [9.17, 15) is 0 Å². The number of methoxy groups -OCH3 is 1. The van der Waals surface area contributed by atoms with Gasteiger partial charge < -0.3 is 19.2 Å². The summed E-state index contributed by atoms with van der Waals surface area (Å²) in [4.78, 5) is 0. The molecule has 0 spiro atoms. The van der Waals surface area contributed by atoms with Crippen LogP contribution < -0.4 is 5.32 Å². The number of hydrogen-bond donors (Lipinski definition) is 1. The van der Waals surface area contributed by atoms with Gasteiger partial charge in [-0.25, -0.2) is 0 Å². The Morgan fingerprint density at radius 2 is 2.19 bits per heavy atom. The van der Waals surface area contributed by atoms with E-state index < -0.39 is 0 Å². The third-order valence-corrected chi connectivity index (χ3v) is 2.20. The van der Waals surface area contributed by atoms with Gasteiger partial charge in [0.25, 0.3) is 0 Å². The largest absolute Gasteiger partial charge is 0.467 e. The van der Waals surface area contributed by atoms with Crippen LogP contribution in [-0.4, -0.2) is 33.4 Å². The zero-order chi connectivity index (χ0) is 11.5. The standard InChI is InChI=1S/C12H21NO3/c1-14-10-7-13-6-2-3-8-15-11-12-5-4-9-16-12/h4-5,9,13H,2-3,6-8,10-11H2,1H3. The number of ether oxygens (including phenoxy) is 2. The molecule has 0 saturated carbocycles. The first-order chi connectivity index (χ1) is 7.93.